The Morgan fingerprint density at radius 1 is 0.964 bits per heavy atom. The van der Waals surface area contributed by atoms with E-state index in [1.165, 1.54) is 68.9 Å². The van der Waals surface area contributed by atoms with Crippen molar-refractivity contribution in [3.05, 3.63) is 34.6 Å². The number of aryl methyl sites for hydroxylation is 1. The van der Waals surface area contributed by atoms with Gasteiger partial charge in [-0.15, -0.1) is 0 Å². The van der Waals surface area contributed by atoms with Crippen LogP contribution in [0.1, 0.15) is 101 Å². The first-order valence-corrected chi connectivity index (χ1v) is 12.1. The molecule has 2 heteroatoms. The number of fused-ring (bicyclic) bond motifs is 2. The first-order valence-electron chi connectivity index (χ1n) is 12.1. The number of benzene rings is 1. The Kier molecular flexibility index (Phi) is 6.76. The van der Waals surface area contributed by atoms with Crippen molar-refractivity contribution in [1.29, 1.82) is 0 Å². The topological polar surface area (TPSA) is 9.23 Å². The van der Waals surface area contributed by atoms with Crippen molar-refractivity contribution in [3.63, 3.8) is 0 Å². The van der Waals surface area contributed by atoms with Crippen molar-refractivity contribution < 1.29 is 9.13 Å². The average molecular weight is 387 g/mol. The third-order valence-electron chi connectivity index (χ3n) is 7.92. The summed E-state index contributed by atoms with van der Waals surface area (Å²) in [6, 6.07) is 4.30. The third-order valence-corrected chi connectivity index (χ3v) is 7.92. The first kappa shape index (κ1) is 20.4. The molecule has 2 fully saturated rings. The number of hydrogen-bond acceptors (Lipinski definition) is 1. The van der Waals surface area contributed by atoms with Crippen LogP contribution in [0.25, 0.3) is 0 Å². The fourth-order valence-corrected chi connectivity index (χ4v) is 6.39. The van der Waals surface area contributed by atoms with Crippen molar-refractivity contribution in [3.8, 4) is 0 Å². The highest BCUT2D eigenvalue weighted by Crippen LogP contribution is 2.47. The molecule has 1 aromatic rings. The van der Waals surface area contributed by atoms with Crippen LogP contribution in [0.15, 0.2) is 12.1 Å². The van der Waals surface area contributed by atoms with Crippen molar-refractivity contribution >= 4 is 0 Å². The maximum Gasteiger partial charge on any atom is 0.126 e. The van der Waals surface area contributed by atoms with Gasteiger partial charge in [0.05, 0.1) is 6.10 Å². The summed E-state index contributed by atoms with van der Waals surface area (Å²) in [7, 11) is 0. The second kappa shape index (κ2) is 9.28. The highest BCUT2D eigenvalue weighted by Gasteiger charge is 2.36. The molecule has 1 aromatic carbocycles. The molecule has 156 valence electrons. The van der Waals surface area contributed by atoms with E-state index >= 15 is 0 Å². The van der Waals surface area contributed by atoms with E-state index in [2.05, 4.69) is 19.9 Å². The standard InChI is InChI=1S/C26H39FO/c1-3-5-18-6-7-22-15-23(17-26(27)25(22)13-18)20-8-9-21-16-24(28-12-4-2)11-10-19(21)14-20/h15,17-21,24H,3-14,16H2,1-2H3. The van der Waals surface area contributed by atoms with E-state index in [1.807, 2.05) is 6.07 Å². The molecule has 28 heavy (non-hydrogen) atoms. The summed E-state index contributed by atoms with van der Waals surface area (Å²) in [5, 5.41) is 0. The van der Waals surface area contributed by atoms with Gasteiger partial charge in [0, 0.05) is 6.61 Å². The summed E-state index contributed by atoms with van der Waals surface area (Å²) in [6.45, 7) is 5.35. The number of halogens is 1. The van der Waals surface area contributed by atoms with Crippen LogP contribution in [0.5, 0.6) is 0 Å². The van der Waals surface area contributed by atoms with E-state index in [0.717, 1.165) is 43.3 Å². The van der Waals surface area contributed by atoms with Gasteiger partial charge >= 0.3 is 0 Å². The van der Waals surface area contributed by atoms with E-state index in [-0.39, 0.29) is 5.82 Å². The fourth-order valence-electron chi connectivity index (χ4n) is 6.39. The molecule has 5 atom stereocenters. The van der Waals surface area contributed by atoms with Crippen LogP contribution in [0.2, 0.25) is 0 Å². The molecule has 2 saturated carbocycles. The lowest BCUT2D eigenvalue weighted by Crippen LogP contribution is -2.34. The van der Waals surface area contributed by atoms with E-state index in [4.69, 9.17) is 4.74 Å². The minimum absolute atomic E-state index is 0.0899. The van der Waals surface area contributed by atoms with Gasteiger partial charge in [0.2, 0.25) is 0 Å². The molecule has 3 aliphatic carbocycles. The molecular formula is C26H39FO. The maximum atomic E-state index is 15.0. The van der Waals surface area contributed by atoms with Crippen LogP contribution < -0.4 is 0 Å². The van der Waals surface area contributed by atoms with Crippen LogP contribution in [0, 0.1) is 23.6 Å². The smallest absolute Gasteiger partial charge is 0.126 e. The van der Waals surface area contributed by atoms with Crippen molar-refractivity contribution in [2.75, 3.05) is 6.61 Å². The highest BCUT2D eigenvalue weighted by molar-refractivity contribution is 5.37. The van der Waals surface area contributed by atoms with Crippen LogP contribution in [0.3, 0.4) is 0 Å². The molecule has 0 saturated heterocycles. The quantitative estimate of drug-likeness (QED) is 0.502. The molecule has 0 radical (unpaired) electrons. The molecule has 0 aliphatic heterocycles. The molecule has 0 amide bonds. The van der Waals surface area contributed by atoms with Gasteiger partial charge in [-0.3, -0.25) is 0 Å². The lowest BCUT2D eigenvalue weighted by molar-refractivity contribution is -0.0147. The Balaban J connectivity index is 1.41. The molecule has 5 unspecified atom stereocenters. The fraction of sp³-hybridized carbons (Fsp3) is 0.769. The predicted molar refractivity (Wildman–Crippen MR) is 114 cm³/mol. The van der Waals surface area contributed by atoms with Gasteiger partial charge < -0.3 is 4.74 Å². The molecule has 3 aliphatic rings. The molecule has 0 aromatic heterocycles. The highest BCUT2D eigenvalue weighted by atomic mass is 19.1. The maximum absolute atomic E-state index is 15.0. The zero-order valence-corrected chi connectivity index (χ0v) is 18.0. The number of rotatable bonds is 6. The average Bonchev–Trinajstić information content (AvgIpc) is 2.72. The summed E-state index contributed by atoms with van der Waals surface area (Å²) in [4.78, 5) is 0. The number of hydrogen-bond donors (Lipinski definition) is 0. The number of ether oxygens (including phenoxy) is 1. The minimum atomic E-state index is 0.0899. The molecule has 0 N–H and O–H groups in total. The lowest BCUT2D eigenvalue weighted by Gasteiger charge is -2.42. The summed E-state index contributed by atoms with van der Waals surface area (Å²) in [5.74, 6) is 3.02. The Morgan fingerprint density at radius 3 is 2.61 bits per heavy atom. The van der Waals surface area contributed by atoms with E-state index < -0.39 is 0 Å². The van der Waals surface area contributed by atoms with Gasteiger partial charge in [-0.25, -0.2) is 4.39 Å². The summed E-state index contributed by atoms with van der Waals surface area (Å²) in [6.07, 6.45) is 15.0. The SMILES string of the molecule is CCCOC1CCC2CC(c3cc(F)c4c(c3)CCC(CCC)C4)CCC2C1. The summed E-state index contributed by atoms with van der Waals surface area (Å²) >= 11 is 0. The van der Waals surface area contributed by atoms with Crippen molar-refractivity contribution in [2.45, 2.75) is 103 Å². The normalized spacial score (nSPS) is 32.6. The second-order valence-electron chi connectivity index (χ2n) is 9.87. The predicted octanol–water partition coefficient (Wildman–Crippen LogP) is 7.21. The van der Waals surface area contributed by atoms with Gasteiger partial charge in [0.15, 0.2) is 0 Å². The van der Waals surface area contributed by atoms with Crippen molar-refractivity contribution in [2.24, 2.45) is 17.8 Å². The Labute approximate surface area is 171 Å². The van der Waals surface area contributed by atoms with Crippen LogP contribution in [0.4, 0.5) is 4.39 Å². The molecular weight excluding hydrogens is 347 g/mol. The Bertz CT molecular complexity index is 654. The zero-order valence-electron chi connectivity index (χ0n) is 18.0. The van der Waals surface area contributed by atoms with Gasteiger partial charge in [0.25, 0.3) is 0 Å². The molecule has 0 heterocycles. The zero-order chi connectivity index (χ0) is 19.5. The van der Waals surface area contributed by atoms with Crippen LogP contribution in [-0.2, 0) is 17.6 Å². The molecule has 0 spiro atoms. The Morgan fingerprint density at radius 2 is 1.79 bits per heavy atom. The van der Waals surface area contributed by atoms with Crippen LogP contribution >= 0.6 is 0 Å². The van der Waals surface area contributed by atoms with Crippen LogP contribution in [-0.4, -0.2) is 12.7 Å². The van der Waals surface area contributed by atoms with E-state index in [9.17, 15) is 4.39 Å². The van der Waals surface area contributed by atoms with Gasteiger partial charge in [-0.1, -0.05) is 32.8 Å². The summed E-state index contributed by atoms with van der Waals surface area (Å²) in [5.41, 5.74) is 3.66. The van der Waals surface area contributed by atoms with E-state index in [0.29, 0.717) is 17.9 Å². The van der Waals surface area contributed by atoms with Crippen molar-refractivity contribution in [1.82, 2.24) is 0 Å². The Hall–Kier alpha value is -0.890. The van der Waals surface area contributed by atoms with Gasteiger partial charge in [-0.05, 0) is 111 Å². The summed E-state index contributed by atoms with van der Waals surface area (Å²) < 4.78 is 21.0. The van der Waals surface area contributed by atoms with Gasteiger partial charge in [-0.2, -0.15) is 0 Å². The molecule has 4 rings (SSSR count). The molecule has 1 nitrogen and oxygen atoms in total. The van der Waals surface area contributed by atoms with Gasteiger partial charge in [0.1, 0.15) is 5.82 Å². The lowest BCUT2D eigenvalue weighted by atomic mass is 9.65. The third kappa shape index (κ3) is 4.48. The first-order chi connectivity index (χ1) is 13.7. The monoisotopic (exact) mass is 386 g/mol. The van der Waals surface area contributed by atoms with E-state index in [1.54, 1.807) is 0 Å². The molecule has 0 bridgehead atoms. The minimum Gasteiger partial charge on any atom is -0.378 e. The largest absolute Gasteiger partial charge is 0.378 e. The second-order valence-corrected chi connectivity index (χ2v) is 9.87.